The van der Waals surface area contributed by atoms with Gasteiger partial charge in [0, 0.05) is 17.3 Å². The second kappa shape index (κ2) is 8.73. The first-order valence-electron chi connectivity index (χ1n) is 9.99. The molecule has 1 aliphatic rings. The van der Waals surface area contributed by atoms with Crippen molar-refractivity contribution in [2.24, 2.45) is 10.2 Å². The van der Waals surface area contributed by atoms with E-state index in [2.05, 4.69) is 20.7 Å². The topological polar surface area (TPSA) is 98.3 Å². The maximum absolute atomic E-state index is 12.6. The molecule has 2 heterocycles. The maximum Gasteiger partial charge on any atom is 0.277 e. The van der Waals surface area contributed by atoms with Crippen LogP contribution >= 0.6 is 0 Å². The van der Waals surface area contributed by atoms with Gasteiger partial charge in [0.05, 0.1) is 11.4 Å². The molecule has 0 spiro atoms. The Kier molecular flexibility index (Phi) is 5.32. The maximum atomic E-state index is 12.6. The monoisotopic (exact) mass is 426 g/mol. The predicted molar refractivity (Wildman–Crippen MR) is 118 cm³/mol. The molecule has 0 bridgehead atoms. The fourth-order valence-corrected chi connectivity index (χ4v) is 3.13. The highest BCUT2D eigenvalue weighted by Crippen LogP contribution is 2.34. The van der Waals surface area contributed by atoms with Crippen LogP contribution in [0, 0.1) is 0 Å². The second-order valence-electron chi connectivity index (χ2n) is 6.97. The Labute approximate surface area is 183 Å². The number of nitrogens with one attached hydrogen (secondary N) is 1. The van der Waals surface area contributed by atoms with Gasteiger partial charge >= 0.3 is 0 Å². The largest absolute Gasteiger partial charge is 0.486 e. The third-order valence-corrected chi connectivity index (χ3v) is 4.73. The molecule has 0 unspecified atom stereocenters. The number of benzene rings is 3. The molecular formula is C24H18N4O4. The molecule has 158 valence electrons. The van der Waals surface area contributed by atoms with Crippen molar-refractivity contribution in [1.82, 2.24) is 5.16 Å². The average molecular weight is 426 g/mol. The summed E-state index contributed by atoms with van der Waals surface area (Å²) in [7, 11) is 0. The number of hydrogen-bond acceptors (Lipinski definition) is 7. The van der Waals surface area contributed by atoms with E-state index in [1.54, 1.807) is 36.4 Å². The Hall–Kier alpha value is -4.46. The summed E-state index contributed by atoms with van der Waals surface area (Å²) in [6.45, 7) is 1.02. The third kappa shape index (κ3) is 4.34. The first kappa shape index (κ1) is 19.5. The lowest BCUT2D eigenvalue weighted by Gasteiger charge is -2.18. The normalized spacial score (nSPS) is 12.6. The van der Waals surface area contributed by atoms with Crippen molar-refractivity contribution >= 4 is 23.0 Å². The number of azo groups is 1. The van der Waals surface area contributed by atoms with E-state index in [1.807, 2.05) is 42.5 Å². The second-order valence-corrected chi connectivity index (χ2v) is 6.97. The van der Waals surface area contributed by atoms with Gasteiger partial charge in [0.15, 0.2) is 23.0 Å². The summed E-state index contributed by atoms with van der Waals surface area (Å²) in [5.74, 6) is 1.41. The number of hydrogen-bond donors (Lipinski definition) is 1. The van der Waals surface area contributed by atoms with E-state index >= 15 is 0 Å². The number of carbonyl (C=O) groups is 1. The molecule has 1 aliphatic heterocycles. The highest BCUT2D eigenvalue weighted by Gasteiger charge is 2.17. The number of ether oxygens (including phenoxy) is 2. The van der Waals surface area contributed by atoms with E-state index in [0.29, 0.717) is 41.8 Å². The highest BCUT2D eigenvalue weighted by molar-refractivity contribution is 6.03. The lowest BCUT2D eigenvalue weighted by Crippen LogP contribution is -2.15. The fourth-order valence-electron chi connectivity index (χ4n) is 3.13. The number of anilines is 1. The average Bonchev–Trinajstić information content (AvgIpc) is 3.35. The van der Waals surface area contributed by atoms with Crippen LogP contribution in [0.1, 0.15) is 10.5 Å². The molecule has 1 amide bonds. The number of fused-ring (bicyclic) bond motifs is 1. The van der Waals surface area contributed by atoms with Gasteiger partial charge in [-0.15, -0.1) is 0 Å². The Morgan fingerprint density at radius 1 is 0.812 bits per heavy atom. The van der Waals surface area contributed by atoms with E-state index in [4.69, 9.17) is 14.0 Å². The smallest absolute Gasteiger partial charge is 0.277 e. The molecule has 5 rings (SSSR count). The van der Waals surface area contributed by atoms with Crippen molar-refractivity contribution in [3.63, 3.8) is 0 Å². The number of carbonyl (C=O) groups excluding carboxylic acids is 1. The van der Waals surface area contributed by atoms with Crippen molar-refractivity contribution in [2.75, 3.05) is 18.5 Å². The van der Waals surface area contributed by atoms with Gasteiger partial charge in [-0.2, -0.15) is 10.2 Å². The Morgan fingerprint density at radius 2 is 1.53 bits per heavy atom. The number of aromatic nitrogens is 1. The molecule has 1 aromatic heterocycles. The van der Waals surface area contributed by atoms with Crippen LogP contribution in [0.15, 0.2) is 93.6 Å². The highest BCUT2D eigenvalue weighted by atomic mass is 16.6. The van der Waals surface area contributed by atoms with Crippen LogP contribution in [0.4, 0.5) is 17.1 Å². The third-order valence-electron chi connectivity index (χ3n) is 4.73. The minimum Gasteiger partial charge on any atom is -0.486 e. The summed E-state index contributed by atoms with van der Waals surface area (Å²) < 4.78 is 16.5. The van der Waals surface area contributed by atoms with Gasteiger partial charge in [0.1, 0.15) is 13.2 Å². The van der Waals surface area contributed by atoms with E-state index in [1.165, 1.54) is 0 Å². The lowest BCUT2D eigenvalue weighted by atomic mass is 10.1. The van der Waals surface area contributed by atoms with E-state index in [9.17, 15) is 4.79 Å². The van der Waals surface area contributed by atoms with Crippen molar-refractivity contribution in [3.8, 4) is 22.8 Å². The van der Waals surface area contributed by atoms with Crippen LogP contribution in [-0.2, 0) is 0 Å². The van der Waals surface area contributed by atoms with Gasteiger partial charge in [0.25, 0.3) is 5.91 Å². The molecule has 1 N–H and O–H groups in total. The van der Waals surface area contributed by atoms with Crippen LogP contribution in [0.3, 0.4) is 0 Å². The molecule has 0 atom stereocenters. The Balaban J connectivity index is 1.25. The summed E-state index contributed by atoms with van der Waals surface area (Å²) in [5.41, 5.74) is 2.97. The van der Waals surface area contributed by atoms with Crippen molar-refractivity contribution in [2.45, 2.75) is 0 Å². The first-order valence-corrected chi connectivity index (χ1v) is 9.99. The lowest BCUT2D eigenvalue weighted by molar-refractivity contribution is 0.101. The van der Waals surface area contributed by atoms with Crippen LogP contribution in [0.2, 0.25) is 0 Å². The molecule has 0 radical (unpaired) electrons. The van der Waals surface area contributed by atoms with Crippen LogP contribution < -0.4 is 14.8 Å². The minimum absolute atomic E-state index is 0.169. The summed E-state index contributed by atoms with van der Waals surface area (Å²) in [6, 6.07) is 23.5. The Morgan fingerprint density at radius 3 is 2.31 bits per heavy atom. The first-order chi connectivity index (χ1) is 15.7. The zero-order chi connectivity index (χ0) is 21.8. The molecule has 32 heavy (non-hydrogen) atoms. The molecular weight excluding hydrogens is 408 g/mol. The zero-order valence-corrected chi connectivity index (χ0v) is 16.9. The molecule has 0 fully saturated rings. The van der Waals surface area contributed by atoms with Crippen molar-refractivity contribution in [3.05, 3.63) is 84.6 Å². The summed E-state index contributed by atoms with van der Waals surface area (Å²) in [4.78, 5) is 12.6. The molecule has 3 aromatic carbocycles. The summed E-state index contributed by atoms with van der Waals surface area (Å²) in [6.07, 6.45) is 0. The van der Waals surface area contributed by atoms with Gasteiger partial charge in [-0.1, -0.05) is 23.4 Å². The molecule has 0 aliphatic carbocycles. The van der Waals surface area contributed by atoms with Gasteiger partial charge in [0.2, 0.25) is 0 Å². The molecule has 4 aromatic rings. The predicted octanol–water partition coefficient (Wildman–Crippen LogP) is 5.78. The SMILES string of the molecule is O=C(Nc1ccc(N=Nc2ccccc2)cc1)c1cc(-c2ccc3c(c2)OCCO3)on1. The van der Waals surface area contributed by atoms with Crippen molar-refractivity contribution in [1.29, 1.82) is 0 Å². The molecule has 0 saturated carbocycles. The number of nitrogens with zero attached hydrogens (tertiary/aromatic N) is 3. The number of amides is 1. The molecule has 8 heteroatoms. The van der Waals surface area contributed by atoms with Crippen LogP contribution in [-0.4, -0.2) is 24.3 Å². The van der Waals surface area contributed by atoms with Gasteiger partial charge in [-0.05, 0) is 54.6 Å². The summed E-state index contributed by atoms with van der Waals surface area (Å²) in [5, 5.41) is 15.0. The Bertz CT molecular complexity index is 1270. The zero-order valence-electron chi connectivity index (χ0n) is 16.9. The standard InChI is InChI=1S/C24H18N4O4/c29-24(25-17-7-9-19(10-8-17)27-26-18-4-2-1-3-5-18)20-15-22(32-28-20)16-6-11-21-23(14-16)31-13-12-30-21/h1-11,14-15H,12-13H2,(H,25,29). The number of rotatable bonds is 5. The van der Waals surface area contributed by atoms with Crippen LogP contribution in [0.5, 0.6) is 11.5 Å². The minimum atomic E-state index is -0.379. The van der Waals surface area contributed by atoms with Crippen LogP contribution in [0.25, 0.3) is 11.3 Å². The van der Waals surface area contributed by atoms with Crippen molar-refractivity contribution < 1.29 is 18.8 Å². The van der Waals surface area contributed by atoms with E-state index in [-0.39, 0.29) is 11.6 Å². The molecule has 0 saturated heterocycles. The van der Waals surface area contributed by atoms with Gasteiger partial charge in [-0.3, -0.25) is 4.79 Å². The quantitative estimate of drug-likeness (QED) is 0.408. The molecule has 8 nitrogen and oxygen atoms in total. The van der Waals surface area contributed by atoms with Gasteiger partial charge in [-0.25, -0.2) is 0 Å². The van der Waals surface area contributed by atoms with E-state index in [0.717, 1.165) is 11.3 Å². The van der Waals surface area contributed by atoms with E-state index < -0.39 is 0 Å². The fraction of sp³-hybridized carbons (Fsp3) is 0.0833. The van der Waals surface area contributed by atoms with Gasteiger partial charge < -0.3 is 19.3 Å². The summed E-state index contributed by atoms with van der Waals surface area (Å²) >= 11 is 0.